The van der Waals surface area contributed by atoms with E-state index in [1.807, 2.05) is 0 Å². The van der Waals surface area contributed by atoms with Crippen LogP contribution in [-0.4, -0.2) is 21.1 Å². The molecule has 2 N–H and O–H groups in total. The highest BCUT2D eigenvalue weighted by Gasteiger charge is 2.13. The molecule has 2 heterocycles. The van der Waals surface area contributed by atoms with E-state index in [9.17, 15) is 4.79 Å². The third-order valence-corrected chi connectivity index (χ3v) is 1.69. The van der Waals surface area contributed by atoms with Crippen LogP contribution < -0.4 is 5.73 Å². The van der Waals surface area contributed by atoms with Crippen molar-refractivity contribution >= 4 is 5.91 Å². The molecule has 5 heteroatoms. The fraction of sp³-hybridized carbons (Fsp3) is 0. The van der Waals surface area contributed by atoms with Crippen molar-refractivity contribution < 1.29 is 4.79 Å². The normalized spacial score (nSPS) is 10.2. The van der Waals surface area contributed by atoms with Crippen LogP contribution in [0.25, 0.3) is 11.3 Å². The standard InChI is InChI=1S/C8H6N4O/c9-8(13)6-4-10-2-1-5-3-11-12-7(5)6/h1-4H,(H2,9,13). The monoisotopic (exact) mass is 174 g/mol. The number of primary amides is 1. The number of nitrogens with two attached hydrogens (primary N) is 1. The lowest BCUT2D eigenvalue weighted by atomic mass is 10.1. The molecule has 0 saturated carbocycles. The molecule has 0 aromatic rings. The second-order valence-electron chi connectivity index (χ2n) is 2.52. The summed E-state index contributed by atoms with van der Waals surface area (Å²) in [4.78, 5) is 14.8. The third-order valence-electron chi connectivity index (χ3n) is 1.69. The van der Waals surface area contributed by atoms with Gasteiger partial charge in [0, 0.05) is 18.0 Å². The predicted octanol–water partition coefficient (Wildman–Crippen LogP) is 0.0753. The molecule has 0 saturated heterocycles. The van der Waals surface area contributed by atoms with Crippen molar-refractivity contribution in [1.82, 2.24) is 15.2 Å². The maximum Gasteiger partial charge on any atom is 0.252 e. The maximum atomic E-state index is 11.0. The van der Waals surface area contributed by atoms with Crippen LogP contribution >= 0.6 is 0 Å². The molecule has 0 spiro atoms. The number of amides is 1. The molecule has 2 rings (SSSR count). The number of carbonyl (C=O) groups excluding carboxylic acids is 1. The van der Waals surface area contributed by atoms with Gasteiger partial charge in [-0.25, -0.2) is 0 Å². The topological polar surface area (TPSA) is 81.8 Å². The third kappa shape index (κ3) is 1.20. The van der Waals surface area contributed by atoms with Crippen LogP contribution in [0.15, 0.2) is 24.7 Å². The Hall–Kier alpha value is -2.04. The average Bonchev–Trinajstić information content (AvgIpc) is 2.44. The minimum atomic E-state index is -0.547. The van der Waals surface area contributed by atoms with Gasteiger partial charge >= 0.3 is 0 Å². The van der Waals surface area contributed by atoms with E-state index in [4.69, 9.17) is 5.73 Å². The summed E-state index contributed by atoms with van der Waals surface area (Å²) in [6.07, 6.45) is 4.51. The van der Waals surface area contributed by atoms with Gasteiger partial charge < -0.3 is 5.73 Å². The van der Waals surface area contributed by atoms with Crippen LogP contribution in [0.2, 0.25) is 0 Å². The van der Waals surface area contributed by atoms with Gasteiger partial charge in [0.05, 0.1) is 11.8 Å². The van der Waals surface area contributed by atoms with E-state index in [0.717, 1.165) is 5.56 Å². The molecule has 0 aromatic carbocycles. The fourth-order valence-corrected chi connectivity index (χ4v) is 1.08. The number of rotatable bonds is 1. The lowest BCUT2D eigenvalue weighted by Gasteiger charge is -1.93. The molecular formula is C8H6N4O. The molecule has 13 heavy (non-hydrogen) atoms. The van der Waals surface area contributed by atoms with Crippen molar-refractivity contribution in [2.75, 3.05) is 0 Å². The predicted molar refractivity (Wildman–Crippen MR) is 45.0 cm³/mol. The van der Waals surface area contributed by atoms with Gasteiger partial charge in [-0.2, -0.15) is 5.10 Å². The second-order valence-corrected chi connectivity index (χ2v) is 2.52. The first-order valence-corrected chi connectivity index (χ1v) is 3.64. The summed E-state index contributed by atoms with van der Waals surface area (Å²) < 4.78 is 0. The van der Waals surface area contributed by atoms with Crippen LogP contribution in [0.5, 0.6) is 0 Å². The van der Waals surface area contributed by atoms with Gasteiger partial charge in [-0.15, -0.1) is 5.10 Å². The largest absolute Gasteiger partial charge is 0.365 e. The lowest BCUT2D eigenvalue weighted by Crippen LogP contribution is -2.11. The Balaban J connectivity index is 2.74. The molecule has 0 radical (unpaired) electrons. The number of hydrogen-bond acceptors (Lipinski definition) is 4. The van der Waals surface area contributed by atoms with Crippen molar-refractivity contribution in [3.8, 4) is 11.3 Å². The molecule has 0 fully saturated rings. The van der Waals surface area contributed by atoms with E-state index < -0.39 is 5.91 Å². The highest BCUT2D eigenvalue weighted by molar-refractivity contribution is 5.98. The van der Waals surface area contributed by atoms with Crippen molar-refractivity contribution in [1.29, 1.82) is 0 Å². The van der Waals surface area contributed by atoms with Crippen LogP contribution in [-0.2, 0) is 0 Å². The summed E-state index contributed by atoms with van der Waals surface area (Å²) in [7, 11) is 0. The zero-order valence-electron chi connectivity index (χ0n) is 6.64. The van der Waals surface area contributed by atoms with E-state index in [1.165, 1.54) is 6.20 Å². The van der Waals surface area contributed by atoms with Gasteiger partial charge in [-0.1, -0.05) is 0 Å². The Morgan fingerprint density at radius 3 is 3.00 bits per heavy atom. The molecule has 0 aromatic heterocycles. The molecule has 1 amide bonds. The van der Waals surface area contributed by atoms with E-state index in [1.54, 1.807) is 18.5 Å². The molecular weight excluding hydrogens is 168 g/mol. The van der Waals surface area contributed by atoms with Crippen LogP contribution in [0.1, 0.15) is 10.4 Å². The molecule has 0 atom stereocenters. The highest BCUT2D eigenvalue weighted by atomic mass is 16.1. The molecule has 64 valence electrons. The Morgan fingerprint density at radius 2 is 2.23 bits per heavy atom. The zero-order valence-corrected chi connectivity index (χ0v) is 6.64. The molecule has 2 aliphatic rings. The van der Waals surface area contributed by atoms with Gasteiger partial charge in [-0.3, -0.25) is 9.78 Å². The first-order chi connectivity index (χ1) is 6.29. The Labute approximate surface area is 74.0 Å². The van der Waals surface area contributed by atoms with Crippen molar-refractivity contribution in [2.24, 2.45) is 5.73 Å². The Bertz CT molecular complexity index is 429. The van der Waals surface area contributed by atoms with Gasteiger partial charge in [-0.05, 0) is 6.07 Å². The van der Waals surface area contributed by atoms with Gasteiger partial charge in [0.25, 0.3) is 5.91 Å². The Morgan fingerprint density at radius 1 is 1.38 bits per heavy atom. The fourth-order valence-electron chi connectivity index (χ4n) is 1.08. The van der Waals surface area contributed by atoms with Gasteiger partial charge in [0.15, 0.2) is 0 Å². The molecule has 0 unspecified atom stereocenters. The summed E-state index contributed by atoms with van der Waals surface area (Å²) >= 11 is 0. The summed E-state index contributed by atoms with van der Waals surface area (Å²) in [5, 5.41) is 7.48. The minimum absolute atomic E-state index is 0.289. The van der Waals surface area contributed by atoms with Crippen LogP contribution in [0, 0.1) is 0 Å². The molecule has 0 aliphatic carbocycles. The molecule has 5 nitrogen and oxygen atoms in total. The zero-order chi connectivity index (χ0) is 9.26. The highest BCUT2D eigenvalue weighted by Crippen LogP contribution is 2.19. The summed E-state index contributed by atoms with van der Waals surface area (Å²) in [6.45, 7) is 0. The average molecular weight is 174 g/mol. The van der Waals surface area contributed by atoms with Crippen molar-refractivity contribution in [2.45, 2.75) is 0 Å². The van der Waals surface area contributed by atoms with Crippen LogP contribution in [0.3, 0.4) is 0 Å². The first-order valence-electron chi connectivity index (χ1n) is 3.64. The number of fused-ring (bicyclic) bond motifs is 1. The quantitative estimate of drug-likeness (QED) is 0.663. The molecule has 0 bridgehead atoms. The summed E-state index contributed by atoms with van der Waals surface area (Å²) in [5.41, 5.74) is 6.68. The first kappa shape index (κ1) is 7.60. The van der Waals surface area contributed by atoms with E-state index >= 15 is 0 Å². The van der Waals surface area contributed by atoms with Gasteiger partial charge in [0.2, 0.25) is 0 Å². The summed E-state index contributed by atoms with van der Waals surface area (Å²) in [5.74, 6) is -0.547. The van der Waals surface area contributed by atoms with Crippen molar-refractivity contribution in [3.63, 3.8) is 0 Å². The van der Waals surface area contributed by atoms with E-state index in [0.29, 0.717) is 5.69 Å². The number of nitrogens with zero attached hydrogens (tertiary/aromatic N) is 3. The van der Waals surface area contributed by atoms with E-state index in [2.05, 4.69) is 15.2 Å². The Kier molecular flexibility index (Phi) is 1.63. The SMILES string of the molecule is NC(=O)c1cnccc2cnnc1-2. The van der Waals surface area contributed by atoms with Crippen molar-refractivity contribution in [3.05, 3.63) is 30.2 Å². The molecule has 2 aliphatic heterocycles. The van der Waals surface area contributed by atoms with Gasteiger partial charge in [0.1, 0.15) is 5.69 Å². The maximum absolute atomic E-state index is 11.0. The lowest BCUT2D eigenvalue weighted by molar-refractivity contribution is 0.100. The minimum Gasteiger partial charge on any atom is -0.365 e. The number of hydrogen-bond donors (Lipinski definition) is 1. The van der Waals surface area contributed by atoms with Crippen LogP contribution in [0.4, 0.5) is 0 Å². The number of carbonyl (C=O) groups is 1. The smallest absolute Gasteiger partial charge is 0.252 e. The van der Waals surface area contributed by atoms with E-state index in [-0.39, 0.29) is 5.56 Å². The second kappa shape index (κ2) is 2.78. The summed E-state index contributed by atoms with van der Waals surface area (Å²) in [6, 6.07) is 1.72. The number of aromatic nitrogens is 3.